The average molecular weight is 164 g/mol. The lowest BCUT2D eigenvalue weighted by molar-refractivity contribution is -0.108. The summed E-state index contributed by atoms with van der Waals surface area (Å²) < 4.78 is 0. The summed E-state index contributed by atoms with van der Waals surface area (Å²) in [6, 6.07) is 0. The minimum atomic E-state index is 0.756. The quantitative estimate of drug-likeness (QED) is 0.462. The van der Waals surface area contributed by atoms with Gasteiger partial charge in [-0.3, -0.25) is 0 Å². The predicted octanol–water partition coefficient (Wildman–Crippen LogP) is 2.42. The van der Waals surface area contributed by atoms with Gasteiger partial charge in [-0.2, -0.15) is 0 Å². The van der Waals surface area contributed by atoms with Crippen LogP contribution >= 0.6 is 0 Å². The second-order valence-corrected chi connectivity index (χ2v) is 4.22. The summed E-state index contributed by atoms with van der Waals surface area (Å²) in [7, 11) is 0. The van der Waals surface area contributed by atoms with Crippen molar-refractivity contribution in [3.63, 3.8) is 0 Å². The van der Waals surface area contributed by atoms with Crippen molar-refractivity contribution in [1.29, 1.82) is 0 Å². The van der Waals surface area contributed by atoms with Crippen LogP contribution in [-0.4, -0.2) is 6.29 Å². The third kappa shape index (κ3) is 1.12. The van der Waals surface area contributed by atoms with E-state index in [0.29, 0.717) is 0 Å². The molecule has 0 aromatic heterocycles. The van der Waals surface area contributed by atoms with Gasteiger partial charge < -0.3 is 4.79 Å². The first-order chi connectivity index (χ1) is 5.83. The number of carbonyl (C=O) groups excluding carboxylic acids is 1. The smallest absolute Gasteiger partial charge is 0.120 e. The maximum atomic E-state index is 10.3. The fourth-order valence-corrected chi connectivity index (χ4v) is 2.91. The van der Waals surface area contributed by atoms with Crippen molar-refractivity contribution in [2.24, 2.45) is 23.7 Å². The lowest BCUT2D eigenvalue weighted by atomic mass is 9.82. The third-order valence-electron chi connectivity index (χ3n) is 3.67. The van der Waals surface area contributed by atoms with E-state index in [0.717, 1.165) is 42.8 Å². The number of fused-ring (bicyclic) bond motifs is 2. The molecule has 0 aromatic rings. The number of hydrogen-bond donors (Lipinski definition) is 0. The molecular formula is C11H16O. The molecule has 0 heterocycles. The predicted molar refractivity (Wildman–Crippen MR) is 48.7 cm³/mol. The van der Waals surface area contributed by atoms with Crippen LogP contribution in [0.15, 0.2) is 12.2 Å². The fourth-order valence-electron chi connectivity index (χ4n) is 2.91. The molecule has 2 aliphatic rings. The average Bonchev–Trinajstić information content (AvgIpc) is 2.62. The van der Waals surface area contributed by atoms with Crippen molar-refractivity contribution in [3.05, 3.63) is 12.2 Å². The normalized spacial score (nSPS) is 43.8. The molecule has 1 heteroatoms. The Kier molecular flexibility index (Phi) is 2.03. The summed E-state index contributed by atoms with van der Waals surface area (Å²) in [5.74, 6) is 3.24. The largest absolute Gasteiger partial charge is 0.303 e. The molecule has 66 valence electrons. The van der Waals surface area contributed by atoms with Crippen LogP contribution in [0.5, 0.6) is 0 Å². The van der Waals surface area contributed by atoms with E-state index in [1.165, 1.54) is 6.42 Å². The van der Waals surface area contributed by atoms with E-state index in [2.05, 4.69) is 19.1 Å². The molecular weight excluding hydrogens is 148 g/mol. The van der Waals surface area contributed by atoms with Gasteiger partial charge in [0, 0.05) is 6.42 Å². The number of rotatable bonds is 3. The molecule has 0 saturated heterocycles. The standard InChI is InChI=1S/C11H16O/c1-8-9-4-5-10(7-9)11(8)3-2-6-12/h4-6,8-11H,2-3,7H2,1H3. The Morgan fingerprint density at radius 2 is 2.17 bits per heavy atom. The van der Waals surface area contributed by atoms with E-state index < -0.39 is 0 Å². The van der Waals surface area contributed by atoms with Gasteiger partial charge in [-0.25, -0.2) is 0 Å². The Morgan fingerprint density at radius 3 is 2.75 bits per heavy atom. The summed E-state index contributed by atoms with van der Waals surface area (Å²) in [5, 5.41) is 0. The minimum absolute atomic E-state index is 0.756. The van der Waals surface area contributed by atoms with Gasteiger partial charge in [0.25, 0.3) is 0 Å². The van der Waals surface area contributed by atoms with Crippen LogP contribution in [0.25, 0.3) is 0 Å². The van der Waals surface area contributed by atoms with Gasteiger partial charge in [0.1, 0.15) is 6.29 Å². The number of carbonyl (C=O) groups is 1. The van der Waals surface area contributed by atoms with Crippen LogP contribution in [0.3, 0.4) is 0 Å². The molecule has 12 heavy (non-hydrogen) atoms. The zero-order valence-electron chi connectivity index (χ0n) is 7.57. The Balaban J connectivity index is 1.98. The highest BCUT2D eigenvalue weighted by atomic mass is 16.1. The molecule has 2 bridgehead atoms. The van der Waals surface area contributed by atoms with Gasteiger partial charge in [0.05, 0.1) is 0 Å². The summed E-state index contributed by atoms with van der Waals surface area (Å²) in [6.07, 6.45) is 9.00. The van der Waals surface area contributed by atoms with Crippen molar-refractivity contribution in [2.75, 3.05) is 0 Å². The van der Waals surface area contributed by atoms with Crippen molar-refractivity contribution in [3.8, 4) is 0 Å². The van der Waals surface area contributed by atoms with Gasteiger partial charge in [0.15, 0.2) is 0 Å². The van der Waals surface area contributed by atoms with Crippen LogP contribution < -0.4 is 0 Å². The van der Waals surface area contributed by atoms with Gasteiger partial charge in [-0.1, -0.05) is 19.1 Å². The molecule has 0 radical (unpaired) electrons. The van der Waals surface area contributed by atoms with E-state index >= 15 is 0 Å². The van der Waals surface area contributed by atoms with E-state index in [4.69, 9.17) is 0 Å². The maximum Gasteiger partial charge on any atom is 0.120 e. The molecule has 1 fully saturated rings. The summed E-state index contributed by atoms with van der Waals surface area (Å²) in [6.45, 7) is 2.34. The SMILES string of the molecule is CC1C2C=CC(C2)C1CCC=O. The van der Waals surface area contributed by atoms with E-state index in [1.54, 1.807) is 0 Å². The Bertz CT molecular complexity index is 207. The van der Waals surface area contributed by atoms with Gasteiger partial charge in [-0.15, -0.1) is 0 Å². The number of allylic oxidation sites excluding steroid dienone is 2. The van der Waals surface area contributed by atoms with Gasteiger partial charge >= 0.3 is 0 Å². The molecule has 1 saturated carbocycles. The fraction of sp³-hybridized carbons (Fsp3) is 0.727. The Hall–Kier alpha value is -0.590. The lowest BCUT2D eigenvalue weighted by Gasteiger charge is -2.23. The highest BCUT2D eigenvalue weighted by Gasteiger charge is 2.40. The summed E-state index contributed by atoms with van der Waals surface area (Å²) in [5.41, 5.74) is 0. The van der Waals surface area contributed by atoms with Crippen molar-refractivity contribution < 1.29 is 4.79 Å². The van der Waals surface area contributed by atoms with Gasteiger partial charge in [-0.05, 0) is 36.5 Å². The second kappa shape index (κ2) is 3.04. The zero-order valence-corrected chi connectivity index (χ0v) is 7.57. The highest BCUT2D eigenvalue weighted by Crippen LogP contribution is 2.49. The summed E-state index contributed by atoms with van der Waals surface area (Å²) >= 11 is 0. The molecule has 0 amide bonds. The third-order valence-corrected chi connectivity index (χ3v) is 3.67. The minimum Gasteiger partial charge on any atom is -0.303 e. The topological polar surface area (TPSA) is 17.1 Å². The molecule has 0 spiro atoms. The van der Waals surface area contributed by atoms with E-state index in [-0.39, 0.29) is 0 Å². The first kappa shape index (κ1) is 8.03. The monoisotopic (exact) mass is 164 g/mol. The molecule has 0 aromatic carbocycles. The van der Waals surface area contributed by atoms with Crippen LogP contribution in [0.4, 0.5) is 0 Å². The van der Waals surface area contributed by atoms with Crippen LogP contribution in [0.2, 0.25) is 0 Å². The van der Waals surface area contributed by atoms with Crippen molar-refractivity contribution in [1.82, 2.24) is 0 Å². The first-order valence-electron chi connectivity index (χ1n) is 4.95. The molecule has 2 rings (SSSR count). The Labute approximate surface area is 73.8 Å². The van der Waals surface area contributed by atoms with E-state index in [9.17, 15) is 4.79 Å². The summed E-state index contributed by atoms with van der Waals surface area (Å²) in [4.78, 5) is 10.3. The highest BCUT2D eigenvalue weighted by molar-refractivity contribution is 5.49. The van der Waals surface area contributed by atoms with Crippen LogP contribution in [0, 0.1) is 23.7 Å². The lowest BCUT2D eigenvalue weighted by Crippen LogP contribution is -2.16. The molecule has 4 atom stereocenters. The van der Waals surface area contributed by atoms with E-state index in [1.807, 2.05) is 0 Å². The molecule has 0 aliphatic heterocycles. The zero-order chi connectivity index (χ0) is 8.55. The van der Waals surface area contributed by atoms with Gasteiger partial charge in [0.2, 0.25) is 0 Å². The molecule has 4 unspecified atom stereocenters. The second-order valence-electron chi connectivity index (χ2n) is 4.22. The van der Waals surface area contributed by atoms with Crippen molar-refractivity contribution >= 4 is 6.29 Å². The van der Waals surface area contributed by atoms with Crippen LogP contribution in [-0.2, 0) is 4.79 Å². The van der Waals surface area contributed by atoms with Crippen LogP contribution in [0.1, 0.15) is 26.2 Å². The number of aldehydes is 1. The number of hydrogen-bond acceptors (Lipinski definition) is 1. The van der Waals surface area contributed by atoms with Crippen molar-refractivity contribution in [2.45, 2.75) is 26.2 Å². The molecule has 0 N–H and O–H groups in total. The first-order valence-corrected chi connectivity index (χ1v) is 4.95. The Morgan fingerprint density at radius 1 is 1.42 bits per heavy atom. The maximum absolute atomic E-state index is 10.3. The molecule has 1 nitrogen and oxygen atoms in total. The molecule has 2 aliphatic carbocycles.